The van der Waals surface area contributed by atoms with E-state index in [4.69, 9.17) is 10.8 Å². The van der Waals surface area contributed by atoms with Crippen LogP contribution in [0.5, 0.6) is 0 Å². The largest absolute Gasteiger partial charge is 0.381 e. The Hall–Kier alpha value is -0.240. The van der Waals surface area contributed by atoms with E-state index in [0.717, 1.165) is 5.06 Å². The van der Waals surface area contributed by atoms with Gasteiger partial charge in [0.2, 0.25) is 0 Å². The molecule has 0 aliphatic rings. The summed E-state index contributed by atoms with van der Waals surface area (Å²) in [7, 11) is 2.92. The molecule has 6 heteroatoms. The van der Waals surface area contributed by atoms with Crippen LogP contribution < -0.4 is 5.73 Å². The fourth-order valence-corrected chi connectivity index (χ4v) is 0.556. The fourth-order valence-electron chi connectivity index (χ4n) is 0.556. The fraction of sp³-hybridized carbons (Fsp3) is 1.00. The number of aliphatic hydroxyl groups excluding tert-OH is 2. The Kier molecular flexibility index (Phi) is 5.30. The van der Waals surface area contributed by atoms with Crippen molar-refractivity contribution in [3.63, 3.8) is 0 Å². The lowest BCUT2D eigenvalue weighted by Crippen LogP contribution is -2.48. The lowest BCUT2D eigenvalue weighted by Gasteiger charge is -2.29. The molecule has 68 valence electrons. The maximum Gasteiger partial charge on any atom is 0.190 e. The Morgan fingerprint density at radius 1 is 1.64 bits per heavy atom. The van der Waals surface area contributed by atoms with Crippen LogP contribution in [0.4, 0.5) is 0 Å². The summed E-state index contributed by atoms with van der Waals surface area (Å²) >= 11 is 0. The van der Waals surface area contributed by atoms with E-state index in [1.807, 2.05) is 0 Å². The molecule has 1 unspecified atom stereocenters. The van der Waals surface area contributed by atoms with Gasteiger partial charge in [-0.2, -0.15) is 0 Å². The van der Waals surface area contributed by atoms with Crippen molar-refractivity contribution in [3.05, 3.63) is 0 Å². The topological polar surface area (TPSA) is 82.2 Å². The molecular weight excluding hydrogens is 150 g/mol. The first kappa shape index (κ1) is 10.8. The van der Waals surface area contributed by atoms with Gasteiger partial charge in [-0.15, -0.1) is 5.06 Å². The first-order chi connectivity index (χ1) is 5.17. The van der Waals surface area contributed by atoms with Gasteiger partial charge in [-0.1, -0.05) is 0 Å². The van der Waals surface area contributed by atoms with Crippen molar-refractivity contribution < 1.29 is 15.1 Å². The Morgan fingerprint density at radius 3 is 2.45 bits per heavy atom. The van der Waals surface area contributed by atoms with Gasteiger partial charge in [0.15, 0.2) is 6.35 Å². The molecule has 0 spiro atoms. The minimum atomic E-state index is -1.02. The van der Waals surface area contributed by atoms with Crippen molar-refractivity contribution in [2.45, 2.75) is 6.35 Å². The molecule has 0 fully saturated rings. The lowest BCUT2D eigenvalue weighted by atomic mass is 10.7. The predicted octanol–water partition coefficient (Wildman–Crippen LogP) is -2.08. The van der Waals surface area contributed by atoms with Crippen LogP contribution in [0.3, 0.4) is 0 Å². The van der Waals surface area contributed by atoms with Gasteiger partial charge in [0.05, 0.1) is 20.5 Å². The van der Waals surface area contributed by atoms with Crippen LogP contribution in [-0.4, -0.2) is 54.1 Å². The van der Waals surface area contributed by atoms with Crippen LogP contribution in [0.2, 0.25) is 0 Å². The number of rotatable bonds is 5. The van der Waals surface area contributed by atoms with E-state index in [1.54, 1.807) is 0 Å². The van der Waals surface area contributed by atoms with Gasteiger partial charge in [0, 0.05) is 0 Å². The molecule has 0 aromatic heterocycles. The summed E-state index contributed by atoms with van der Waals surface area (Å²) < 4.78 is 0. The maximum absolute atomic E-state index is 9.26. The summed E-state index contributed by atoms with van der Waals surface area (Å²) in [6.07, 6.45) is -1.02. The van der Waals surface area contributed by atoms with E-state index >= 15 is 0 Å². The van der Waals surface area contributed by atoms with E-state index in [2.05, 4.69) is 4.84 Å². The van der Waals surface area contributed by atoms with Crippen LogP contribution in [0.15, 0.2) is 0 Å². The first-order valence-electron chi connectivity index (χ1n) is 3.17. The Bertz CT molecular complexity index is 99.0. The normalized spacial score (nSPS) is 14.5. The van der Waals surface area contributed by atoms with Crippen LogP contribution in [0, 0.1) is 0 Å². The molecular formula is C5H15N3O3. The Morgan fingerprint density at radius 2 is 2.18 bits per heavy atom. The average molecular weight is 165 g/mol. The third kappa shape index (κ3) is 3.10. The minimum Gasteiger partial charge on any atom is -0.381 e. The zero-order valence-electron chi connectivity index (χ0n) is 6.77. The van der Waals surface area contributed by atoms with Crippen molar-refractivity contribution in [3.8, 4) is 0 Å². The maximum atomic E-state index is 9.26. The minimum absolute atomic E-state index is 0.0575. The van der Waals surface area contributed by atoms with E-state index < -0.39 is 6.35 Å². The zero-order valence-corrected chi connectivity index (χ0v) is 6.77. The standard InChI is InChI=1S/C5H15N3O3/c1-7(4-9)5(10)8(3-6)11-2/h5,9-10H,3-4,6H2,1-2H3. The summed E-state index contributed by atoms with van der Waals surface area (Å²) in [4.78, 5) is 5.95. The summed E-state index contributed by atoms with van der Waals surface area (Å²) in [6.45, 7) is -0.205. The monoisotopic (exact) mass is 165 g/mol. The molecule has 0 aromatic carbocycles. The molecule has 0 bridgehead atoms. The second-order valence-corrected chi connectivity index (χ2v) is 2.03. The van der Waals surface area contributed by atoms with Gasteiger partial charge in [-0.3, -0.25) is 4.84 Å². The molecule has 0 rings (SSSR count). The SMILES string of the molecule is CON(CN)C(O)N(C)CO. The summed E-state index contributed by atoms with van der Waals surface area (Å²) in [5, 5.41) is 19.0. The molecule has 0 aliphatic carbocycles. The quantitative estimate of drug-likeness (QED) is 0.320. The highest BCUT2D eigenvalue weighted by atomic mass is 16.7. The number of nitrogens with zero attached hydrogens (tertiary/aromatic N) is 2. The van der Waals surface area contributed by atoms with Crippen LogP contribution in [0.25, 0.3) is 0 Å². The van der Waals surface area contributed by atoms with Gasteiger partial charge in [0.25, 0.3) is 0 Å². The molecule has 0 saturated carbocycles. The van der Waals surface area contributed by atoms with Gasteiger partial charge in [-0.25, -0.2) is 4.90 Å². The molecule has 0 amide bonds. The van der Waals surface area contributed by atoms with Crippen molar-refractivity contribution in [2.75, 3.05) is 27.6 Å². The molecule has 0 aromatic rings. The van der Waals surface area contributed by atoms with Gasteiger partial charge < -0.3 is 15.9 Å². The number of hydrogen-bond donors (Lipinski definition) is 3. The molecule has 0 radical (unpaired) electrons. The van der Waals surface area contributed by atoms with E-state index in [-0.39, 0.29) is 13.4 Å². The highest BCUT2D eigenvalue weighted by Gasteiger charge is 2.17. The number of hydroxylamine groups is 2. The van der Waals surface area contributed by atoms with Crippen LogP contribution >= 0.6 is 0 Å². The molecule has 0 aliphatic heterocycles. The number of aliphatic hydroxyl groups is 2. The van der Waals surface area contributed by atoms with Crippen LogP contribution in [0.1, 0.15) is 0 Å². The third-order valence-electron chi connectivity index (χ3n) is 1.29. The molecule has 4 N–H and O–H groups in total. The van der Waals surface area contributed by atoms with Gasteiger partial charge in [0.1, 0.15) is 0 Å². The number of nitrogens with two attached hydrogens (primary N) is 1. The van der Waals surface area contributed by atoms with E-state index in [9.17, 15) is 5.11 Å². The molecule has 0 heterocycles. The van der Waals surface area contributed by atoms with Crippen molar-refractivity contribution >= 4 is 0 Å². The van der Waals surface area contributed by atoms with Gasteiger partial charge >= 0.3 is 0 Å². The Balaban J connectivity index is 3.86. The van der Waals surface area contributed by atoms with Gasteiger partial charge in [-0.05, 0) is 7.05 Å². The lowest BCUT2D eigenvalue weighted by molar-refractivity contribution is -0.270. The molecule has 1 atom stereocenters. The van der Waals surface area contributed by atoms with Crippen molar-refractivity contribution in [1.82, 2.24) is 9.96 Å². The molecule has 0 saturated heterocycles. The third-order valence-corrected chi connectivity index (χ3v) is 1.29. The predicted molar refractivity (Wildman–Crippen MR) is 38.8 cm³/mol. The smallest absolute Gasteiger partial charge is 0.190 e. The second kappa shape index (κ2) is 5.42. The second-order valence-electron chi connectivity index (χ2n) is 2.03. The molecule has 6 nitrogen and oxygen atoms in total. The first-order valence-corrected chi connectivity index (χ1v) is 3.17. The van der Waals surface area contributed by atoms with Crippen LogP contribution in [-0.2, 0) is 4.84 Å². The average Bonchev–Trinajstić information content (AvgIpc) is 2.05. The highest BCUT2D eigenvalue weighted by molar-refractivity contribution is 4.46. The number of hydrogen-bond acceptors (Lipinski definition) is 6. The summed E-state index contributed by atoms with van der Waals surface area (Å²) in [6, 6.07) is 0. The van der Waals surface area contributed by atoms with E-state index in [0.29, 0.717) is 0 Å². The summed E-state index contributed by atoms with van der Waals surface area (Å²) in [5.74, 6) is 0. The summed E-state index contributed by atoms with van der Waals surface area (Å²) in [5.41, 5.74) is 5.21. The van der Waals surface area contributed by atoms with Crippen molar-refractivity contribution in [2.24, 2.45) is 5.73 Å². The Labute approximate surface area is 65.7 Å². The van der Waals surface area contributed by atoms with E-state index in [1.165, 1.54) is 19.1 Å². The molecule has 11 heavy (non-hydrogen) atoms. The highest BCUT2D eigenvalue weighted by Crippen LogP contribution is 1.97. The van der Waals surface area contributed by atoms with Crippen molar-refractivity contribution in [1.29, 1.82) is 0 Å². The zero-order chi connectivity index (χ0) is 8.85.